The first kappa shape index (κ1) is 34.7. The Labute approximate surface area is 273 Å². The number of urea groups is 1. The topological polar surface area (TPSA) is 150 Å². The zero-order chi connectivity index (χ0) is 34.0. The second-order valence-electron chi connectivity index (χ2n) is 11.2. The fraction of sp³-hybridized carbons (Fsp3) is 0.314. The molecule has 1 unspecified atom stereocenters. The largest absolute Gasteiger partial charge is 0.478 e. The lowest BCUT2D eigenvalue weighted by Gasteiger charge is -2.23. The van der Waals surface area contributed by atoms with Gasteiger partial charge in [0.05, 0.1) is 19.8 Å². The van der Waals surface area contributed by atoms with Crippen LogP contribution in [0.15, 0.2) is 83.4 Å². The molecule has 0 saturated heterocycles. The van der Waals surface area contributed by atoms with Crippen molar-refractivity contribution in [1.29, 1.82) is 0 Å². The Hall–Kier alpha value is -5.20. The predicted octanol–water partition coefficient (Wildman–Crippen LogP) is 7.20. The van der Waals surface area contributed by atoms with Crippen LogP contribution in [0.1, 0.15) is 55.7 Å². The number of methoxy groups -OCH3 is 2. The number of anilines is 1. The van der Waals surface area contributed by atoms with Gasteiger partial charge < -0.3 is 33.9 Å². The van der Waals surface area contributed by atoms with Crippen LogP contribution in [0.3, 0.4) is 0 Å². The number of carbonyl (C=O) groups excluding carboxylic acids is 2. The van der Waals surface area contributed by atoms with Crippen molar-refractivity contribution in [1.82, 2.24) is 10.1 Å². The van der Waals surface area contributed by atoms with Crippen molar-refractivity contribution in [3.63, 3.8) is 0 Å². The van der Waals surface area contributed by atoms with Gasteiger partial charge in [-0.1, -0.05) is 48.5 Å². The molecule has 0 spiro atoms. The monoisotopic (exact) mass is 645 g/mol. The van der Waals surface area contributed by atoms with Crippen molar-refractivity contribution in [2.75, 3.05) is 19.5 Å². The van der Waals surface area contributed by atoms with Crippen LogP contribution >= 0.6 is 0 Å². The first-order valence-corrected chi connectivity index (χ1v) is 15.0. The highest BCUT2D eigenvalue weighted by molar-refractivity contribution is 5.99. The molecule has 0 aliphatic rings. The van der Waals surface area contributed by atoms with E-state index in [1.807, 2.05) is 43.3 Å². The second kappa shape index (κ2) is 15.9. The Morgan fingerprint density at radius 2 is 1.55 bits per heavy atom. The van der Waals surface area contributed by atoms with Gasteiger partial charge >= 0.3 is 18.1 Å². The molecule has 1 heterocycles. The van der Waals surface area contributed by atoms with Crippen molar-refractivity contribution < 1.29 is 43.0 Å². The van der Waals surface area contributed by atoms with Gasteiger partial charge in [0, 0.05) is 31.5 Å². The summed E-state index contributed by atoms with van der Waals surface area (Å²) < 4.78 is 27.5. The maximum absolute atomic E-state index is 13.6. The Bertz CT molecular complexity index is 1630. The van der Waals surface area contributed by atoms with Crippen LogP contribution in [0.5, 0.6) is 5.75 Å². The van der Waals surface area contributed by atoms with Gasteiger partial charge in [0.1, 0.15) is 11.4 Å². The maximum atomic E-state index is 13.6. The zero-order valence-corrected chi connectivity index (χ0v) is 27.0. The quantitative estimate of drug-likeness (QED) is 0.144. The number of hydrogen-bond acceptors (Lipinski definition) is 9. The molecule has 47 heavy (non-hydrogen) atoms. The minimum absolute atomic E-state index is 0.0423. The Balaban J connectivity index is 1.52. The van der Waals surface area contributed by atoms with E-state index in [0.29, 0.717) is 48.1 Å². The first-order chi connectivity index (χ1) is 22.5. The molecule has 1 aromatic heterocycles. The normalized spacial score (nSPS) is 11.9. The number of carbonyl (C=O) groups is 3. The summed E-state index contributed by atoms with van der Waals surface area (Å²) in [4.78, 5) is 39.6. The highest BCUT2D eigenvalue weighted by Crippen LogP contribution is 2.29. The van der Waals surface area contributed by atoms with E-state index in [4.69, 9.17) is 23.5 Å². The summed E-state index contributed by atoms with van der Waals surface area (Å²) in [5, 5.41) is 16.3. The Morgan fingerprint density at radius 1 is 0.915 bits per heavy atom. The van der Waals surface area contributed by atoms with E-state index in [1.54, 1.807) is 56.7 Å². The fourth-order valence-electron chi connectivity index (χ4n) is 4.65. The van der Waals surface area contributed by atoms with Gasteiger partial charge in [0.2, 0.25) is 0 Å². The molecule has 3 aromatic carbocycles. The molecule has 0 saturated carbocycles. The number of aromatic nitrogens is 1. The highest BCUT2D eigenvalue weighted by Gasteiger charge is 2.30. The summed E-state index contributed by atoms with van der Waals surface area (Å²) in [7, 11) is 3.16. The summed E-state index contributed by atoms with van der Waals surface area (Å²) >= 11 is 0. The summed E-state index contributed by atoms with van der Waals surface area (Å²) in [5.74, 6) is -0.419. The van der Waals surface area contributed by atoms with E-state index in [9.17, 15) is 19.5 Å². The molecule has 4 rings (SSSR count). The molecule has 12 heteroatoms. The van der Waals surface area contributed by atoms with Crippen molar-refractivity contribution in [3.8, 4) is 17.0 Å². The van der Waals surface area contributed by atoms with Crippen molar-refractivity contribution in [2.45, 2.75) is 58.7 Å². The van der Waals surface area contributed by atoms with Gasteiger partial charge in [-0.25, -0.2) is 19.3 Å². The van der Waals surface area contributed by atoms with Crippen molar-refractivity contribution in [3.05, 3.63) is 101 Å². The van der Waals surface area contributed by atoms with Gasteiger partial charge in [0.15, 0.2) is 17.5 Å². The predicted molar refractivity (Wildman–Crippen MR) is 173 cm³/mol. The number of amides is 3. The number of carboxylic acid groups (broad SMARTS) is 1. The van der Waals surface area contributed by atoms with E-state index in [-0.39, 0.29) is 6.54 Å². The number of imide groups is 1. The fourth-order valence-corrected chi connectivity index (χ4v) is 4.65. The number of ether oxygens (including phenoxy) is 4. The minimum Gasteiger partial charge on any atom is -0.478 e. The third-order valence-corrected chi connectivity index (χ3v) is 7.07. The van der Waals surface area contributed by atoms with Gasteiger partial charge in [-0.05, 0) is 73.4 Å². The third kappa shape index (κ3) is 9.41. The first-order valence-electron chi connectivity index (χ1n) is 15.0. The van der Waals surface area contributed by atoms with E-state index in [0.717, 1.165) is 21.6 Å². The minimum atomic E-state index is -1.40. The van der Waals surface area contributed by atoms with E-state index in [2.05, 4.69) is 10.5 Å². The highest BCUT2D eigenvalue weighted by atomic mass is 16.6. The molecule has 0 bridgehead atoms. The van der Waals surface area contributed by atoms with Crippen LogP contribution in [0.2, 0.25) is 0 Å². The number of rotatable bonds is 14. The molecule has 2 N–H and O–H groups in total. The molecule has 12 nitrogen and oxygen atoms in total. The van der Waals surface area contributed by atoms with Crippen LogP contribution in [0.4, 0.5) is 15.3 Å². The van der Waals surface area contributed by atoms with Gasteiger partial charge in [-0.15, -0.1) is 0 Å². The lowest BCUT2D eigenvalue weighted by molar-refractivity contribution is -0.152. The molecule has 248 valence electrons. The van der Waals surface area contributed by atoms with E-state index < -0.39 is 29.8 Å². The van der Waals surface area contributed by atoms with Gasteiger partial charge in [-0.2, -0.15) is 0 Å². The summed E-state index contributed by atoms with van der Waals surface area (Å²) in [6.45, 7) is 5.35. The molecule has 4 aromatic rings. The van der Waals surface area contributed by atoms with Crippen molar-refractivity contribution in [2.24, 2.45) is 0 Å². The molecule has 0 radical (unpaired) electrons. The molecule has 0 aliphatic heterocycles. The number of nitrogens with zero attached hydrogens (tertiary/aromatic N) is 2. The summed E-state index contributed by atoms with van der Waals surface area (Å²) in [5.41, 5.74) is 2.60. The SMILES string of the molecule is CCC(OC(=O)N(Cc1ccccc1)C(=O)Nc1cc(COC)cc(COC)c1)c1cc(-c2ccc(OC(C)(C)C(=O)O)cc2)no1. The van der Waals surface area contributed by atoms with Crippen LogP contribution in [0.25, 0.3) is 11.3 Å². The zero-order valence-electron chi connectivity index (χ0n) is 27.0. The van der Waals surface area contributed by atoms with Crippen LogP contribution in [-0.2, 0) is 38.8 Å². The number of benzene rings is 3. The second-order valence-corrected chi connectivity index (χ2v) is 11.2. The molecule has 0 fully saturated rings. The van der Waals surface area contributed by atoms with Crippen LogP contribution in [0, 0.1) is 0 Å². The summed E-state index contributed by atoms with van der Waals surface area (Å²) in [6, 6.07) is 22.2. The van der Waals surface area contributed by atoms with Crippen molar-refractivity contribution >= 4 is 23.8 Å². The lowest BCUT2D eigenvalue weighted by Crippen LogP contribution is -2.40. The van der Waals surface area contributed by atoms with Crippen LogP contribution < -0.4 is 10.1 Å². The Kier molecular flexibility index (Phi) is 11.7. The van der Waals surface area contributed by atoms with E-state index in [1.165, 1.54) is 13.8 Å². The van der Waals surface area contributed by atoms with E-state index >= 15 is 0 Å². The molecular weight excluding hydrogens is 606 g/mol. The number of hydrogen-bond donors (Lipinski definition) is 2. The third-order valence-electron chi connectivity index (χ3n) is 7.07. The average molecular weight is 646 g/mol. The lowest BCUT2D eigenvalue weighted by atomic mass is 10.1. The van der Waals surface area contributed by atoms with Gasteiger partial charge in [-0.3, -0.25) is 0 Å². The number of aliphatic carboxylic acids is 1. The number of nitrogens with one attached hydrogen (secondary N) is 1. The number of carboxylic acids is 1. The average Bonchev–Trinajstić information content (AvgIpc) is 3.53. The Morgan fingerprint density at radius 3 is 2.13 bits per heavy atom. The smallest absolute Gasteiger partial charge is 0.419 e. The maximum Gasteiger partial charge on any atom is 0.419 e. The van der Waals surface area contributed by atoms with Crippen LogP contribution in [-0.4, -0.2) is 53.1 Å². The molecular formula is C35H39N3O9. The van der Waals surface area contributed by atoms with Gasteiger partial charge in [0.25, 0.3) is 0 Å². The summed E-state index contributed by atoms with van der Waals surface area (Å²) in [6.07, 6.45) is -1.37. The molecule has 0 aliphatic carbocycles. The standard InChI is InChI=1S/C35H39N3O9/c1-6-30(31-19-29(37-47-31)26-12-14-28(15-13-26)46-35(2,3)32(39)40)45-34(42)38(20-23-10-8-7-9-11-23)33(41)36-27-17-24(21-43-4)16-25(18-27)22-44-5/h7-19,30H,6,20-22H2,1-5H3,(H,36,41)(H,39,40). The molecule has 1 atom stereocenters. The molecule has 3 amide bonds.